The first-order valence-electron chi connectivity index (χ1n) is 3.79. The molecule has 0 bridgehead atoms. The van der Waals surface area contributed by atoms with Gasteiger partial charge in [0.25, 0.3) is 0 Å². The Bertz CT molecular complexity index is 332. The molecule has 0 radical (unpaired) electrons. The van der Waals surface area contributed by atoms with E-state index in [9.17, 15) is 4.79 Å². The van der Waals surface area contributed by atoms with Crippen molar-refractivity contribution in [2.24, 2.45) is 0 Å². The van der Waals surface area contributed by atoms with Gasteiger partial charge in [-0.3, -0.25) is 0 Å². The lowest BCUT2D eigenvalue weighted by Gasteiger charge is -1.97. The van der Waals surface area contributed by atoms with E-state index >= 15 is 0 Å². The van der Waals surface area contributed by atoms with Crippen LogP contribution in [0.15, 0.2) is 33.2 Å². The van der Waals surface area contributed by atoms with Crippen molar-refractivity contribution in [1.29, 1.82) is 0 Å². The number of hydrogen-bond donors (Lipinski definition) is 0. The minimum absolute atomic E-state index is 0.466. The molecule has 1 nitrogen and oxygen atoms in total. The second kappa shape index (κ2) is 5.35. The molecule has 0 unspecified atom stereocenters. The molecule has 68 valence electrons. The van der Waals surface area contributed by atoms with Crippen LogP contribution in [0.25, 0.3) is 6.08 Å². The number of rotatable bonds is 3. The molecule has 0 aliphatic carbocycles. The predicted octanol–water partition coefficient (Wildman–Crippen LogP) is 3.81. The number of benzene rings is 1. The molecule has 0 aromatic heterocycles. The first-order chi connectivity index (χ1) is 6.24. The molecular weight excluding hydrogens is 296 g/mol. The summed E-state index contributed by atoms with van der Waals surface area (Å²) in [6.07, 6.45) is 5.10. The van der Waals surface area contributed by atoms with Gasteiger partial charge in [0, 0.05) is 15.4 Å². The molecule has 0 aliphatic heterocycles. The maximum Gasteiger partial charge on any atom is 0.123 e. The van der Waals surface area contributed by atoms with E-state index in [-0.39, 0.29) is 0 Å². The van der Waals surface area contributed by atoms with Crippen molar-refractivity contribution in [3.8, 4) is 0 Å². The van der Waals surface area contributed by atoms with Gasteiger partial charge in [-0.05, 0) is 49.6 Å². The van der Waals surface area contributed by atoms with E-state index < -0.39 is 0 Å². The Hall–Kier alpha value is -0.410. The van der Waals surface area contributed by atoms with Gasteiger partial charge in [-0.25, -0.2) is 0 Å². The van der Waals surface area contributed by atoms with Crippen LogP contribution in [0.2, 0.25) is 0 Å². The lowest BCUT2D eigenvalue weighted by molar-refractivity contribution is -0.107. The average molecular weight is 304 g/mol. The molecule has 0 amide bonds. The van der Waals surface area contributed by atoms with E-state index in [4.69, 9.17) is 0 Å². The summed E-state index contributed by atoms with van der Waals surface area (Å²) in [6, 6.07) is 5.94. The summed E-state index contributed by atoms with van der Waals surface area (Å²) < 4.78 is 2.04. The maximum atomic E-state index is 10.0. The van der Waals surface area contributed by atoms with E-state index in [0.29, 0.717) is 6.42 Å². The van der Waals surface area contributed by atoms with Crippen molar-refractivity contribution in [3.63, 3.8) is 0 Å². The van der Waals surface area contributed by atoms with Crippen LogP contribution in [0.3, 0.4) is 0 Å². The van der Waals surface area contributed by atoms with Gasteiger partial charge in [0.1, 0.15) is 6.29 Å². The molecule has 0 fully saturated rings. The molecule has 1 aromatic rings. The summed E-state index contributed by atoms with van der Waals surface area (Å²) in [5.74, 6) is 0. The van der Waals surface area contributed by atoms with Crippen molar-refractivity contribution in [1.82, 2.24) is 0 Å². The van der Waals surface area contributed by atoms with E-state index in [1.54, 1.807) is 0 Å². The highest BCUT2D eigenvalue weighted by atomic mass is 79.9. The molecule has 1 aromatic carbocycles. The first-order valence-corrected chi connectivity index (χ1v) is 5.38. The molecular formula is C10H8Br2O. The monoisotopic (exact) mass is 302 g/mol. The Kier molecular flexibility index (Phi) is 4.39. The van der Waals surface area contributed by atoms with Crippen molar-refractivity contribution >= 4 is 44.2 Å². The highest BCUT2D eigenvalue weighted by Gasteiger charge is 1.94. The van der Waals surface area contributed by atoms with Gasteiger partial charge in [0.2, 0.25) is 0 Å². The fraction of sp³-hybridized carbons (Fsp3) is 0.100. The van der Waals surface area contributed by atoms with Crippen LogP contribution in [0, 0.1) is 0 Å². The summed E-state index contributed by atoms with van der Waals surface area (Å²) in [6.45, 7) is 0. The third-order valence-electron chi connectivity index (χ3n) is 1.49. The minimum Gasteiger partial charge on any atom is -0.303 e. The van der Waals surface area contributed by atoms with Gasteiger partial charge in [-0.15, -0.1) is 0 Å². The zero-order chi connectivity index (χ0) is 9.68. The molecule has 13 heavy (non-hydrogen) atoms. The topological polar surface area (TPSA) is 17.1 Å². The molecule has 0 spiro atoms. The second-order valence-electron chi connectivity index (χ2n) is 2.48. The lowest BCUT2D eigenvalue weighted by atomic mass is 10.2. The van der Waals surface area contributed by atoms with Gasteiger partial charge < -0.3 is 4.79 Å². The van der Waals surface area contributed by atoms with Crippen molar-refractivity contribution < 1.29 is 4.79 Å². The summed E-state index contributed by atoms with van der Waals surface area (Å²) in [5, 5.41) is 0. The van der Waals surface area contributed by atoms with E-state index in [1.807, 2.05) is 30.4 Å². The van der Waals surface area contributed by atoms with Gasteiger partial charge >= 0.3 is 0 Å². The lowest BCUT2D eigenvalue weighted by Crippen LogP contribution is -1.74. The Balaban J connectivity index is 2.79. The van der Waals surface area contributed by atoms with Crippen LogP contribution in [0.5, 0.6) is 0 Å². The molecule has 0 heterocycles. The Morgan fingerprint density at radius 3 is 2.62 bits per heavy atom. The van der Waals surface area contributed by atoms with Gasteiger partial charge in [0.15, 0.2) is 0 Å². The number of hydrogen-bond acceptors (Lipinski definition) is 1. The third kappa shape index (κ3) is 3.44. The van der Waals surface area contributed by atoms with Crippen LogP contribution < -0.4 is 0 Å². The molecule has 0 N–H and O–H groups in total. The standard InChI is InChI=1S/C10H8Br2O/c11-9-5-4-8(7-10(9)12)3-1-2-6-13/h1,3-7H,2H2/b3-1+. The number of aldehydes is 1. The zero-order valence-electron chi connectivity index (χ0n) is 6.84. The normalized spacial score (nSPS) is 10.6. The highest BCUT2D eigenvalue weighted by Crippen LogP contribution is 2.24. The summed E-state index contributed by atoms with van der Waals surface area (Å²) in [5.41, 5.74) is 1.08. The number of allylic oxidation sites excluding steroid dienone is 1. The number of carbonyl (C=O) groups is 1. The minimum atomic E-state index is 0.466. The fourth-order valence-corrected chi connectivity index (χ4v) is 1.52. The molecule has 0 atom stereocenters. The Morgan fingerprint density at radius 2 is 2.00 bits per heavy atom. The van der Waals surface area contributed by atoms with Crippen molar-refractivity contribution in [3.05, 3.63) is 38.8 Å². The van der Waals surface area contributed by atoms with E-state index in [2.05, 4.69) is 31.9 Å². The average Bonchev–Trinajstić information content (AvgIpc) is 2.12. The van der Waals surface area contributed by atoms with Crippen LogP contribution >= 0.6 is 31.9 Å². The first kappa shape index (κ1) is 10.7. The highest BCUT2D eigenvalue weighted by molar-refractivity contribution is 9.13. The smallest absolute Gasteiger partial charge is 0.123 e. The fourth-order valence-electron chi connectivity index (χ4n) is 0.876. The van der Waals surface area contributed by atoms with Gasteiger partial charge in [0.05, 0.1) is 0 Å². The summed E-state index contributed by atoms with van der Waals surface area (Å²) in [4.78, 5) is 10.0. The SMILES string of the molecule is O=CC/C=C/c1ccc(Br)c(Br)c1. The Labute approximate surface area is 94.1 Å². The molecule has 0 saturated heterocycles. The molecule has 0 saturated carbocycles. The molecule has 3 heteroatoms. The van der Waals surface area contributed by atoms with Crippen LogP contribution in [-0.2, 0) is 4.79 Å². The number of carbonyl (C=O) groups excluding carboxylic acids is 1. The van der Waals surface area contributed by atoms with Crippen LogP contribution in [0.1, 0.15) is 12.0 Å². The second-order valence-corrected chi connectivity index (χ2v) is 4.19. The van der Waals surface area contributed by atoms with Crippen molar-refractivity contribution in [2.75, 3.05) is 0 Å². The predicted molar refractivity (Wildman–Crippen MR) is 61.6 cm³/mol. The van der Waals surface area contributed by atoms with E-state index in [0.717, 1.165) is 20.8 Å². The van der Waals surface area contributed by atoms with Crippen LogP contribution in [-0.4, -0.2) is 6.29 Å². The summed E-state index contributed by atoms with van der Waals surface area (Å²) >= 11 is 6.79. The van der Waals surface area contributed by atoms with E-state index in [1.165, 1.54) is 0 Å². The largest absolute Gasteiger partial charge is 0.303 e. The van der Waals surface area contributed by atoms with Gasteiger partial charge in [-0.2, -0.15) is 0 Å². The third-order valence-corrected chi connectivity index (χ3v) is 3.37. The van der Waals surface area contributed by atoms with Crippen LogP contribution in [0.4, 0.5) is 0 Å². The quantitative estimate of drug-likeness (QED) is 0.776. The Morgan fingerprint density at radius 1 is 1.23 bits per heavy atom. The van der Waals surface area contributed by atoms with Crippen molar-refractivity contribution in [2.45, 2.75) is 6.42 Å². The zero-order valence-corrected chi connectivity index (χ0v) is 10.0. The number of halogens is 2. The maximum absolute atomic E-state index is 10.0. The molecule has 0 aliphatic rings. The molecule has 1 rings (SSSR count). The summed E-state index contributed by atoms with van der Waals surface area (Å²) in [7, 11) is 0. The van der Waals surface area contributed by atoms with Gasteiger partial charge in [-0.1, -0.05) is 18.2 Å².